The maximum absolute atomic E-state index is 10.7. The summed E-state index contributed by atoms with van der Waals surface area (Å²) in [5.74, 6) is -1.02. The molecule has 0 radical (unpaired) electrons. The highest BCUT2D eigenvalue weighted by molar-refractivity contribution is 5.79. The van der Waals surface area contributed by atoms with Crippen LogP contribution in [0.25, 0.3) is 0 Å². The second kappa shape index (κ2) is 2.64. The number of nitrogens with two attached hydrogens (primary N) is 1. The normalized spacial score (nSPS) is 15.6. The fourth-order valence-electron chi connectivity index (χ4n) is 1.11. The Bertz CT molecular complexity index is 302. The minimum absolute atomic E-state index is 0.593. The topological polar surface area (TPSA) is 68.2 Å². The van der Waals surface area contributed by atoms with Crippen LogP contribution in [0.5, 0.6) is 0 Å². The Morgan fingerprint density at radius 1 is 1.75 bits per heavy atom. The first-order valence-corrected chi connectivity index (χ1v) is 3.60. The number of aryl methyl sites for hydroxylation is 1. The summed E-state index contributed by atoms with van der Waals surface area (Å²) in [6.07, 6.45) is 1.77. The van der Waals surface area contributed by atoms with Gasteiger partial charge in [0.25, 0.3) is 0 Å². The predicted molar refractivity (Wildman–Crippen MR) is 44.6 cm³/mol. The molecule has 0 saturated carbocycles. The van der Waals surface area contributed by atoms with Gasteiger partial charge < -0.3 is 15.4 Å². The summed E-state index contributed by atoms with van der Waals surface area (Å²) in [5.41, 5.74) is 4.89. The van der Waals surface area contributed by atoms with Crippen molar-refractivity contribution in [2.24, 2.45) is 12.8 Å². The molecule has 0 spiro atoms. The monoisotopic (exact) mass is 168 g/mol. The van der Waals surface area contributed by atoms with E-state index in [-0.39, 0.29) is 0 Å². The lowest BCUT2D eigenvalue weighted by Gasteiger charge is -2.19. The number of carboxylic acid groups (broad SMARTS) is 1. The molecule has 0 aliphatic rings. The Balaban J connectivity index is 3.13. The van der Waals surface area contributed by atoms with Crippen molar-refractivity contribution in [2.45, 2.75) is 12.5 Å². The van der Waals surface area contributed by atoms with E-state index in [1.165, 1.54) is 6.92 Å². The van der Waals surface area contributed by atoms with Crippen molar-refractivity contribution in [1.82, 2.24) is 4.57 Å². The number of carboxylic acids is 1. The molecule has 4 heteroatoms. The van der Waals surface area contributed by atoms with E-state index in [0.717, 1.165) is 0 Å². The Labute approximate surface area is 70.6 Å². The molecule has 1 aromatic rings. The number of aliphatic carboxylic acids is 1. The molecule has 0 aliphatic carbocycles. The van der Waals surface area contributed by atoms with E-state index in [9.17, 15) is 4.79 Å². The van der Waals surface area contributed by atoms with Gasteiger partial charge in [0.1, 0.15) is 0 Å². The maximum atomic E-state index is 10.7. The minimum atomic E-state index is -1.31. The molecule has 12 heavy (non-hydrogen) atoms. The van der Waals surface area contributed by atoms with Crippen molar-refractivity contribution < 1.29 is 9.90 Å². The van der Waals surface area contributed by atoms with Gasteiger partial charge in [-0.1, -0.05) is 0 Å². The molecule has 0 saturated heterocycles. The minimum Gasteiger partial charge on any atom is -0.480 e. The van der Waals surface area contributed by atoms with Gasteiger partial charge >= 0.3 is 5.97 Å². The summed E-state index contributed by atoms with van der Waals surface area (Å²) < 4.78 is 1.70. The third kappa shape index (κ3) is 1.21. The second-order valence-electron chi connectivity index (χ2n) is 3.01. The zero-order chi connectivity index (χ0) is 9.35. The summed E-state index contributed by atoms with van der Waals surface area (Å²) in [4.78, 5) is 10.7. The lowest BCUT2D eigenvalue weighted by molar-refractivity contribution is -0.143. The van der Waals surface area contributed by atoms with Crippen LogP contribution >= 0.6 is 0 Å². The average Bonchev–Trinajstić information content (AvgIpc) is 2.35. The fourth-order valence-corrected chi connectivity index (χ4v) is 1.11. The van der Waals surface area contributed by atoms with Crippen LogP contribution in [0, 0.1) is 0 Å². The van der Waals surface area contributed by atoms with Gasteiger partial charge in [0, 0.05) is 18.9 Å². The maximum Gasteiger partial charge on any atom is 0.329 e. The third-order valence-corrected chi connectivity index (χ3v) is 1.92. The van der Waals surface area contributed by atoms with E-state index in [0.29, 0.717) is 5.69 Å². The highest BCUT2D eigenvalue weighted by Crippen LogP contribution is 2.17. The zero-order valence-electron chi connectivity index (χ0n) is 7.11. The van der Waals surface area contributed by atoms with Crippen molar-refractivity contribution >= 4 is 5.97 Å². The molecule has 66 valence electrons. The van der Waals surface area contributed by atoms with Crippen molar-refractivity contribution in [2.75, 3.05) is 0 Å². The number of aromatic nitrogens is 1. The molecule has 0 amide bonds. The molecule has 1 unspecified atom stereocenters. The standard InChI is InChI=1S/C8H12N2O2/c1-8(9,7(11)12)6-4-3-5-10(6)2/h3-5H,9H2,1-2H3,(H,11,12). The smallest absolute Gasteiger partial charge is 0.329 e. The van der Waals surface area contributed by atoms with E-state index in [4.69, 9.17) is 10.8 Å². The molecular formula is C8H12N2O2. The summed E-state index contributed by atoms with van der Waals surface area (Å²) in [5, 5.41) is 8.80. The Kier molecular flexibility index (Phi) is 1.94. The largest absolute Gasteiger partial charge is 0.480 e. The van der Waals surface area contributed by atoms with Crippen LogP contribution in [0.15, 0.2) is 18.3 Å². The van der Waals surface area contributed by atoms with Crippen LogP contribution in [0.2, 0.25) is 0 Å². The number of rotatable bonds is 2. The van der Waals surface area contributed by atoms with Gasteiger partial charge in [0.05, 0.1) is 0 Å². The first kappa shape index (κ1) is 8.80. The van der Waals surface area contributed by atoms with Gasteiger partial charge in [-0.05, 0) is 19.1 Å². The van der Waals surface area contributed by atoms with Crippen molar-refractivity contribution in [1.29, 1.82) is 0 Å². The molecule has 3 N–H and O–H groups in total. The molecule has 0 bridgehead atoms. The first-order chi connectivity index (χ1) is 5.46. The second-order valence-corrected chi connectivity index (χ2v) is 3.01. The van der Waals surface area contributed by atoms with Crippen molar-refractivity contribution in [3.63, 3.8) is 0 Å². The summed E-state index contributed by atoms with van der Waals surface area (Å²) in [6, 6.07) is 3.47. The number of carbonyl (C=O) groups is 1. The van der Waals surface area contributed by atoms with Crippen molar-refractivity contribution in [3.8, 4) is 0 Å². The van der Waals surface area contributed by atoms with Crippen LogP contribution in [0.4, 0.5) is 0 Å². The molecule has 1 heterocycles. The van der Waals surface area contributed by atoms with Crippen LogP contribution in [-0.2, 0) is 17.4 Å². The summed E-state index contributed by atoms with van der Waals surface area (Å²) in [7, 11) is 1.77. The molecule has 0 aliphatic heterocycles. The van der Waals surface area contributed by atoms with Gasteiger partial charge in [0.2, 0.25) is 0 Å². The lowest BCUT2D eigenvalue weighted by atomic mass is 10.00. The molecular weight excluding hydrogens is 156 g/mol. The van der Waals surface area contributed by atoms with Crippen LogP contribution in [0.3, 0.4) is 0 Å². The van der Waals surface area contributed by atoms with Gasteiger partial charge in [-0.15, -0.1) is 0 Å². The van der Waals surface area contributed by atoms with E-state index < -0.39 is 11.5 Å². The number of hydrogen-bond acceptors (Lipinski definition) is 2. The predicted octanol–water partition coefficient (Wildman–Crippen LogP) is 0.284. The molecule has 1 aromatic heterocycles. The van der Waals surface area contributed by atoms with Crippen molar-refractivity contribution in [3.05, 3.63) is 24.0 Å². The fraction of sp³-hybridized carbons (Fsp3) is 0.375. The first-order valence-electron chi connectivity index (χ1n) is 3.60. The van der Waals surface area contributed by atoms with E-state index in [1.807, 2.05) is 0 Å². The van der Waals surface area contributed by atoms with Crippen LogP contribution in [-0.4, -0.2) is 15.6 Å². The van der Waals surface area contributed by atoms with Crippen LogP contribution in [0.1, 0.15) is 12.6 Å². The zero-order valence-corrected chi connectivity index (χ0v) is 7.11. The Morgan fingerprint density at radius 3 is 2.67 bits per heavy atom. The summed E-state index contributed by atoms with van der Waals surface area (Å²) >= 11 is 0. The SMILES string of the molecule is Cn1cccc1C(C)(N)C(=O)O. The summed E-state index contributed by atoms with van der Waals surface area (Å²) in [6.45, 7) is 1.48. The van der Waals surface area contributed by atoms with E-state index >= 15 is 0 Å². The molecule has 1 atom stereocenters. The van der Waals surface area contributed by atoms with Crippen LogP contribution < -0.4 is 5.73 Å². The third-order valence-electron chi connectivity index (χ3n) is 1.92. The van der Waals surface area contributed by atoms with Gasteiger partial charge in [-0.2, -0.15) is 0 Å². The van der Waals surface area contributed by atoms with Gasteiger partial charge in [0.15, 0.2) is 5.54 Å². The number of hydrogen-bond donors (Lipinski definition) is 2. The quantitative estimate of drug-likeness (QED) is 0.666. The molecule has 0 aromatic carbocycles. The number of nitrogens with zero attached hydrogens (tertiary/aromatic N) is 1. The molecule has 0 fully saturated rings. The Hall–Kier alpha value is -1.29. The van der Waals surface area contributed by atoms with E-state index in [2.05, 4.69) is 0 Å². The highest BCUT2D eigenvalue weighted by Gasteiger charge is 2.32. The molecule has 4 nitrogen and oxygen atoms in total. The Morgan fingerprint density at radius 2 is 2.33 bits per heavy atom. The highest BCUT2D eigenvalue weighted by atomic mass is 16.4. The lowest BCUT2D eigenvalue weighted by Crippen LogP contribution is -2.43. The average molecular weight is 168 g/mol. The van der Waals surface area contributed by atoms with E-state index in [1.54, 1.807) is 29.9 Å². The van der Waals surface area contributed by atoms with Gasteiger partial charge in [-0.3, -0.25) is 0 Å². The molecule has 1 rings (SSSR count). The van der Waals surface area contributed by atoms with Gasteiger partial charge in [-0.25, -0.2) is 4.79 Å².